The molecule has 2 N–H and O–H groups in total. The van der Waals surface area contributed by atoms with Crippen LogP contribution in [0.2, 0.25) is 0 Å². The normalized spacial score (nSPS) is 25.2. The first kappa shape index (κ1) is 23.0. The van der Waals surface area contributed by atoms with Crippen LogP contribution in [0, 0.1) is 17.8 Å². The third-order valence-corrected chi connectivity index (χ3v) is 4.86. The average Bonchev–Trinajstić information content (AvgIpc) is 3.19. The summed E-state index contributed by atoms with van der Waals surface area (Å²) in [6.45, 7) is 13.6. The average molecular weight is 368 g/mol. The molecule has 0 aromatic heterocycles. The number of piperidine rings is 1. The summed E-state index contributed by atoms with van der Waals surface area (Å²) in [4.78, 5) is 14.5. The molecule has 1 heterocycles. The van der Waals surface area contributed by atoms with Gasteiger partial charge in [0.2, 0.25) is 5.91 Å². The monoisotopic (exact) mass is 367 g/mol. The van der Waals surface area contributed by atoms with E-state index in [0.29, 0.717) is 6.54 Å². The van der Waals surface area contributed by atoms with Crippen LogP contribution >= 0.6 is 24.8 Å². The lowest BCUT2D eigenvalue weighted by Crippen LogP contribution is -2.56. The lowest BCUT2D eigenvalue weighted by Gasteiger charge is -2.45. The molecule has 0 bridgehead atoms. The van der Waals surface area contributed by atoms with Crippen molar-refractivity contribution >= 4 is 30.7 Å². The molecule has 1 amide bonds. The molecule has 0 aromatic rings. The number of halogens is 2. The van der Waals surface area contributed by atoms with Gasteiger partial charge in [0.15, 0.2) is 0 Å². The predicted molar refractivity (Wildman–Crippen MR) is 102 cm³/mol. The van der Waals surface area contributed by atoms with Crippen LogP contribution in [0.25, 0.3) is 0 Å². The van der Waals surface area contributed by atoms with Crippen LogP contribution in [0.5, 0.6) is 0 Å². The van der Waals surface area contributed by atoms with E-state index in [0.717, 1.165) is 43.9 Å². The van der Waals surface area contributed by atoms with Crippen LogP contribution in [0.4, 0.5) is 0 Å². The highest BCUT2D eigenvalue weighted by atomic mass is 35.5. The minimum absolute atomic E-state index is 0. The van der Waals surface area contributed by atoms with Crippen molar-refractivity contribution < 1.29 is 4.79 Å². The molecule has 2 rings (SSSR count). The number of hydrogen-bond acceptors (Lipinski definition) is 3. The number of nitrogens with zero attached hydrogens (tertiary/aromatic N) is 1. The maximum Gasteiger partial charge on any atom is 0.234 e. The Hall–Kier alpha value is -0.0300. The Kier molecular flexibility index (Phi) is 10.1. The molecule has 1 saturated carbocycles. The largest absolute Gasteiger partial charge is 0.353 e. The van der Waals surface area contributed by atoms with Crippen LogP contribution in [0.3, 0.4) is 0 Å². The minimum atomic E-state index is 0. The van der Waals surface area contributed by atoms with E-state index in [1.54, 1.807) is 0 Å². The maximum atomic E-state index is 11.9. The van der Waals surface area contributed by atoms with Crippen molar-refractivity contribution in [1.29, 1.82) is 0 Å². The number of rotatable bonds is 7. The Balaban J connectivity index is 0.00000242. The number of carbonyl (C=O) groups excluding carboxylic acids is 1. The summed E-state index contributed by atoms with van der Waals surface area (Å²) < 4.78 is 0. The fraction of sp³-hybridized carbons (Fsp3) is 0.941. The molecule has 138 valence electrons. The van der Waals surface area contributed by atoms with Crippen LogP contribution in [-0.2, 0) is 4.79 Å². The van der Waals surface area contributed by atoms with Crippen LogP contribution < -0.4 is 10.6 Å². The van der Waals surface area contributed by atoms with Crippen LogP contribution in [-0.4, -0.2) is 49.1 Å². The van der Waals surface area contributed by atoms with Gasteiger partial charge in [0.1, 0.15) is 0 Å². The van der Waals surface area contributed by atoms with E-state index in [1.807, 2.05) is 0 Å². The summed E-state index contributed by atoms with van der Waals surface area (Å²) >= 11 is 0. The minimum Gasteiger partial charge on any atom is -0.353 e. The maximum absolute atomic E-state index is 11.9. The fourth-order valence-electron chi connectivity index (χ4n) is 3.36. The van der Waals surface area contributed by atoms with Gasteiger partial charge < -0.3 is 10.6 Å². The standard InChI is InChI=1S/C17H33N3O.2ClH/c1-13-7-14(2)11-20(10-13)17(3,4)12-19-16(21)9-18-8-15-5-6-15;;/h13-15,18H,5-12H2,1-4H3,(H,19,21);2*1H. The predicted octanol–water partition coefficient (Wildman–Crippen LogP) is 2.70. The number of nitrogens with one attached hydrogen (secondary N) is 2. The van der Waals surface area contributed by atoms with Gasteiger partial charge in [-0.2, -0.15) is 0 Å². The third kappa shape index (κ3) is 8.06. The van der Waals surface area contributed by atoms with Crippen molar-refractivity contribution in [3.8, 4) is 0 Å². The lowest BCUT2D eigenvalue weighted by atomic mass is 9.88. The quantitative estimate of drug-likeness (QED) is 0.726. The van der Waals surface area contributed by atoms with E-state index in [9.17, 15) is 4.79 Å². The SMILES string of the molecule is CC1CC(C)CN(C(C)(C)CNC(=O)CNCC2CC2)C1.Cl.Cl. The number of hydrogen-bond donors (Lipinski definition) is 2. The second-order valence-corrected chi connectivity index (χ2v) is 8.01. The molecule has 0 aromatic carbocycles. The van der Waals surface area contributed by atoms with E-state index in [-0.39, 0.29) is 36.3 Å². The van der Waals surface area contributed by atoms with E-state index >= 15 is 0 Å². The molecule has 1 saturated heterocycles. The van der Waals surface area contributed by atoms with E-state index in [2.05, 4.69) is 43.2 Å². The van der Waals surface area contributed by atoms with Crippen LogP contribution in [0.1, 0.15) is 47.0 Å². The molecule has 0 spiro atoms. The molecule has 2 aliphatic rings. The van der Waals surface area contributed by atoms with Gasteiger partial charge in [0.05, 0.1) is 6.54 Å². The summed E-state index contributed by atoms with van der Waals surface area (Å²) in [5, 5.41) is 6.35. The molecule has 0 radical (unpaired) electrons. The van der Waals surface area contributed by atoms with Gasteiger partial charge in [0.25, 0.3) is 0 Å². The number of likely N-dealkylation sites (tertiary alicyclic amines) is 1. The zero-order valence-electron chi connectivity index (χ0n) is 15.1. The topological polar surface area (TPSA) is 44.4 Å². The molecular formula is C17H35Cl2N3O. The Morgan fingerprint density at radius 1 is 1.13 bits per heavy atom. The Labute approximate surface area is 154 Å². The van der Waals surface area contributed by atoms with Gasteiger partial charge in [-0.25, -0.2) is 0 Å². The van der Waals surface area contributed by atoms with Crippen molar-refractivity contribution in [2.24, 2.45) is 17.8 Å². The third-order valence-electron chi connectivity index (χ3n) is 4.86. The van der Waals surface area contributed by atoms with Crippen molar-refractivity contribution in [2.45, 2.75) is 52.5 Å². The summed E-state index contributed by atoms with van der Waals surface area (Å²) in [6, 6.07) is 0. The van der Waals surface area contributed by atoms with E-state index in [1.165, 1.54) is 19.3 Å². The summed E-state index contributed by atoms with van der Waals surface area (Å²) in [5.41, 5.74) is 0.0368. The Bertz CT molecular complexity index is 352. The summed E-state index contributed by atoms with van der Waals surface area (Å²) in [5.74, 6) is 2.46. The highest BCUT2D eigenvalue weighted by molar-refractivity contribution is 5.85. The molecule has 2 atom stereocenters. The molecular weight excluding hydrogens is 333 g/mol. The molecule has 2 fully saturated rings. The highest BCUT2D eigenvalue weighted by Crippen LogP contribution is 2.27. The van der Waals surface area contributed by atoms with E-state index in [4.69, 9.17) is 0 Å². The molecule has 23 heavy (non-hydrogen) atoms. The molecule has 2 unspecified atom stereocenters. The van der Waals surface area contributed by atoms with Crippen molar-refractivity contribution in [3.63, 3.8) is 0 Å². The molecule has 1 aliphatic heterocycles. The number of carbonyl (C=O) groups is 1. The second kappa shape index (κ2) is 10.1. The highest BCUT2D eigenvalue weighted by Gasteiger charge is 2.32. The summed E-state index contributed by atoms with van der Waals surface area (Å²) in [7, 11) is 0. The smallest absolute Gasteiger partial charge is 0.234 e. The van der Waals surface area contributed by atoms with Gasteiger partial charge in [0, 0.05) is 25.2 Å². The lowest BCUT2D eigenvalue weighted by molar-refractivity contribution is -0.121. The van der Waals surface area contributed by atoms with Crippen molar-refractivity contribution in [1.82, 2.24) is 15.5 Å². The van der Waals surface area contributed by atoms with Crippen molar-refractivity contribution in [3.05, 3.63) is 0 Å². The summed E-state index contributed by atoms with van der Waals surface area (Å²) in [6.07, 6.45) is 3.98. The van der Waals surface area contributed by atoms with Gasteiger partial charge in [-0.05, 0) is 57.4 Å². The van der Waals surface area contributed by atoms with Gasteiger partial charge >= 0.3 is 0 Å². The zero-order chi connectivity index (χ0) is 15.5. The van der Waals surface area contributed by atoms with Gasteiger partial charge in [-0.15, -0.1) is 24.8 Å². The molecule has 1 aliphatic carbocycles. The Morgan fingerprint density at radius 3 is 2.22 bits per heavy atom. The van der Waals surface area contributed by atoms with Gasteiger partial charge in [-0.3, -0.25) is 9.69 Å². The first-order valence-electron chi connectivity index (χ1n) is 8.59. The molecule has 4 nitrogen and oxygen atoms in total. The number of amides is 1. The van der Waals surface area contributed by atoms with E-state index < -0.39 is 0 Å². The van der Waals surface area contributed by atoms with Gasteiger partial charge in [-0.1, -0.05) is 13.8 Å². The second-order valence-electron chi connectivity index (χ2n) is 8.01. The Morgan fingerprint density at radius 2 is 1.70 bits per heavy atom. The first-order chi connectivity index (χ1) is 9.87. The molecule has 6 heteroatoms. The fourth-order valence-corrected chi connectivity index (χ4v) is 3.36. The van der Waals surface area contributed by atoms with Crippen LogP contribution in [0.15, 0.2) is 0 Å². The zero-order valence-corrected chi connectivity index (χ0v) is 16.7. The van der Waals surface area contributed by atoms with Crippen molar-refractivity contribution in [2.75, 3.05) is 32.7 Å². The first-order valence-corrected chi connectivity index (χ1v) is 8.59.